The maximum Gasteiger partial charge on any atom is 0.325 e. The molecule has 0 bridgehead atoms. The van der Waals surface area contributed by atoms with Gasteiger partial charge in [-0.3, -0.25) is 19.6 Å². The molecule has 1 heterocycles. The van der Waals surface area contributed by atoms with Gasteiger partial charge in [-0.05, 0) is 63.1 Å². The van der Waals surface area contributed by atoms with Crippen molar-refractivity contribution >= 4 is 23.8 Å². The highest BCUT2D eigenvalue weighted by Gasteiger charge is 2.27. The molecule has 0 aliphatic heterocycles. The van der Waals surface area contributed by atoms with Gasteiger partial charge in [0.25, 0.3) is 0 Å². The van der Waals surface area contributed by atoms with Gasteiger partial charge in [0.2, 0.25) is 0 Å². The van der Waals surface area contributed by atoms with Gasteiger partial charge in [0.05, 0.1) is 18.9 Å². The fraction of sp³-hybridized carbons (Fsp3) is 0.333. The third-order valence-electron chi connectivity index (χ3n) is 3.71. The van der Waals surface area contributed by atoms with E-state index < -0.39 is 17.9 Å². The molecule has 27 heavy (non-hydrogen) atoms. The van der Waals surface area contributed by atoms with Gasteiger partial charge in [-0.1, -0.05) is 12.1 Å². The Hall–Kier alpha value is -3.02. The topological polar surface area (TPSA) is 77.9 Å². The van der Waals surface area contributed by atoms with Crippen LogP contribution < -0.4 is 0 Å². The molecular formula is C21H24N2O4. The first-order valence-corrected chi connectivity index (χ1v) is 8.87. The molecule has 0 spiro atoms. The Morgan fingerprint density at radius 2 is 1.59 bits per heavy atom. The molecule has 6 nitrogen and oxygen atoms in total. The number of hydrogen-bond acceptors (Lipinski definition) is 6. The van der Waals surface area contributed by atoms with Gasteiger partial charge >= 0.3 is 11.9 Å². The Balaban J connectivity index is 2.29. The summed E-state index contributed by atoms with van der Waals surface area (Å²) in [6, 6.07) is 11.5. The second-order valence-corrected chi connectivity index (χ2v) is 5.95. The molecule has 0 unspecified atom stereocenters. The van der Waals surface area contributed by atoms with Gasteiger partial charge in [-0.15, -0.1) is 0 Å². The summed E-state index contributed by atoms with van der Waals surface area (Å²) in [6.45, 7) is 7.61. The summed E-state index contributed by atoms with van der Waals surface area (Å²) in [5, 5.41) is 0. The van der Waals surface area contributed by atoms with Crippen LogP contribution >= 0.6 is 0 Å². The molecule has 0 saturated carbocycles. The summed E-state index contributed by atoms with van der Waals surface area (Å²) in [6.07, 6.45) is 1.28. The third kappa shape index (κ3) is 5.74. The predicted molar refractivity (Wildman–Crippen MR) is 104 cm³/mol. The maximum absolute atomic E-state index is 12.0. The zero-order chi connectivity index (χ0) is 19.8. The SMILES string of the molecule is CCOC(=O)C(C=Nc1cccc(-c2cc(C)nc(C)c2)c1)C(=O)OCC. The minimum Gasteiger partial charge on any atom is -0.465 e. The standard InChI is InChI=1S/C21H24N2O4/c1-5-26-20(24)19(21(25)27-6-2)13-22-18-9-7-8-16(12-18)17-10-14(3)23-15(4)11-17/h7-13,19H,5-6H2,1-4H3. The van der Waals surface area contributed by atoms with E-state index in [1.807, 2.05) is 44.2 Å². The Bertz CT molecular complexity index is 808. The molecule has 0 aliphatic carbocycles. The van der Waals surface area contributed by atoms with E-state index in [1.165, 1.54) is 6.21 Å². The van der Waals surface area contributed by atoms with E-state index >= 15 is 0 Å². The first-order chi connectivity index (χ1) is 12.9. The average Bonchev–Trinajstić information content (AvgIpc) is 2.62. The van der Waals surface area contributed by atoms with Crippen LogP contribution in [0.15, 0.2) is 41.4 Å². The van der Waals surface area contributed by atoms with Crippen LogP contribution in [0.5, 0.6) is 0 Å². The number of carbonyl (C=O) groups excluding carboxylic acids is 2. The zero-order valence-electron chi connectivity index (χ0n) is 16.1. The number of aliphatic imine (C=N–C) groups is 1. The second kappa shape index (κ2) is 9.62. The highest BCUT2D eigenvalue weighted by atomic mass is 16.6. The van der Waals surface area contributed by atoms with E-state index in [9.17, 15) is 9.59 Å². The molecule has 6 heteroatoms. The summed E-state index contributed by atoms with van der Waals surface area (Å²) in [7, 11) is 0. The van der Waals surface area contributed by atoms with Crippen LogP contribution in [0.4, 0.5) is 5.69 Å². The van der Waals surface area contributed by atoms with E-state index in [0.717, 1.165) is 22.5 Å². The van der Waals surface area contributed by atoms with Crippen LogP contribution in [0.3, 0.4) is 0 Å². The number of aromatic nitrogens is 1. The first kappa shape index (κ1) is 20.3. The molecule has 0 saturated heterocycles. The van der Waals surface area contributed by atoms with Gasteiger partial charge < -0.3 is 9.47 Å². The molecular weight excluding hydrogens is 344 g/mol. The van der Waals surface area contributed by atoms with E-state index in [2.05, 4.69) is 9.98 Å². The molecule has 0 amide bonds. The Kier molecular flexibility index (Phi) is 7.23. The largest absolute Gasteiger partial charge is 0.465 e. The van der Waals surface area contributed by atoms with Crippen LogP contribution in [0.2, 0.25) is 0 Å². The number of aryl methyl sites for hydroxylation is 2. The number of rotatable bonds is 7. The molecule has 0 atom stereocenters. The summed E-state index contributed by atoms with van der Waals surface area (Å²) in [4.78, 5) is 32.7. The number of esters is 2. The number of nitrogens with zero attached hydrogens (tertiary/aromatic N) is 2. The van der Waals surface area contributed by atoms with Crippen molar-refractivity contribution < 1.29 is 19.1 Å². The highest BCUT2D eigenvalue weighted by molar-refractivity contribution is 6.09. The molecule has 2 aromatic rings. The zero-order valence-corrected chi connectivity index (χ0v) is 16.1. The number of pyridine rings is 1. The number of carbonyl (C=O) groups is 2. The molecule has 0 aliphatic rings. The van der Waals surface area contributed by atoms with Crippen LogP contribution in [-0.2, 0) is 19.1 Å². The minimum absolute atomic E-state index is 0.179. The van der Waals surface area contributed by atoms with Crippen molar-refractivity contribution in [2.75, 3.05) is 13.2 Å². The first-order valence-electron chi connectivity index (χ1n) is 8.87. The van der Waals surface area contributed by atoms with Crippen molar-refractivity contribution in [1.82, 2.24) is 4.98 Å². The van der Waals surface area contributed by atoms with Gasteiger partial charge in [0.15, 0.2) is 5.92 Å². The monoisotopic (exact) mass is 368 g/mol. The summed E-state index contributed by atoms with van der Waals surface area (Å²) < 4.78 is 9.88. The highest BCUT2D eigenvalue weighted by Crippen LogP contribution is 2.25. The minimum atomic E-state index is -1.18. The Morgan fingerprint density at radius 1 is 1.00 bits per heavy atom. The predicted octanol–water partition coefficient (Wildman–Crippen LogP) is 3.81. The summed E-state index contributed by atoms with van der Waals surface area (Å²) in [5.74, 6) is -2.52. The molecule has 1 aromatic heterocycles. The second-order valence-electron chi connectivity index (χ2n) is 5.95. The lowest BCUT2D eigenvalue weighted by Gasteiger charge is -2.10. The van der Waals surface area contributed by atoms with Gasteiger partial charge in [0.1, 0.15) is 0 Å². The Labute approximate surface area is 159 Å². The van der Waals surface area contributed by atoms with Crippen LogP contribution in [0.25, 0.3) is 11.1 Å². The smallest absolute Gasteiger partial charge is 0.325 e. The average molecular weight is 368 g/mol. The maximum atomic E-state index is 12.0. The quantitative estimate of drug-likeness (QED) is 0.422. The normalized spacial score (nSPS) is 11.0. The molecule has 0 fully saturated rings. The molecule has 0 N–H and O–H groups in total. The van der Waals surface area contributed by atoms with Crippen molar-refractivity contribution in [3.8, 4) is 11.1 Å². The molecule has 0 radical (unpaired) electrons. The van der Waals surface area contributed by atoms with Crippen molar-refractivity contribution in [2.24, 2.45) is 10.9 Å². The lowest BCUT2D eigenvalue weighted by atomic mass is 10.0. The number of hydrogen-bond donors (Lipinski definition) is 0. The molecule has 2 rings (SSSR count). The van der Waals surface area contributed by atoms with Crippen LogP contribution in [-0.4, -0.2) is 36.4 Å². The van der Waals surface area contributed by atoms with Gasteiger partial charge in [0, 0.05) is 17.6 Å². The summed E-state index contributed by atoms with van der Waals surface area (Å²) in [5.41, 5.74) is 4.50. The summed E-state index contributed by atoms with van der Waals surface area (Å²) >= 11 is 0. The van der Waals surface area contributed by atoms with Crippen molar-refractivity contribution in [2.45, 2.75) is 27.7 Å². The van der Waals surface area contributed by atoms with E-state index in [-0.39, 0.29) is 13.2 Å². The van der Waals surface area contributed by atoms with E-state index in [4.69, 9.17) is 9.47 Å². The lowest BCUT2D eigenvalue weighted by Crippen LogP contribution is -2.29. The lowest BCUT2D eigenvalue weighted by molar-refractivity contribution is -0.157. The van der Waals surface area contributed by atoms with Crippen LogP contribution in [0, 0.1) is 19.8 Å². The van der Waals surface area contributed by atoms with Gasteiger partial charge in [-0.2, -0.15) is 0 Å². The fourth-order valence-electron chi connectivity index (χ4n) is 2.61. The number of benzene rings is 1. The Morgan fingerprint density at radius 3 is 2.15 bits per heavy atom. The van der Waals surface area contributed by atoms with Gasteiger partial charge in [-0.25, -0.2) is 0 Å². The number of ether oxygens (including phenoxy) is 2. The molecule has 142 valence electrons. The van der Waals surface area contributed by atoms with Crippen molar-refractivity contribution in [3.63, 3.8) is 0 Å². The van der Waals surface area contributed by atoms with Crippen LogP contribution in [0.1, 0.15) is 25.2 Å². The van der Waals surface area contributed by atoms with Crippen molar-refractivity contribution in [1.29, 1.82) is 0 Å². The third-order valence-corrected chi connectivity index (χ3v) is 3.71. The van der Waals surface area contributed by atoms with E-state index in [0.29, 0.717) is 5.69 Å². The molecule has 1 aromatic carbocycles. The van der Waals surface area contributed by atoms with E-state index in [1.54, 1.807) is 19.9 Å². The fourth-order valence-corrected chi connectivity index (χ4v) is 2.61. The van der Waals surface area contributed by atoms with Crippen molar-refractivity contribution in [3.05, 3.63) is 47.8 Å².